The number of anilines is 3. The quantitative estimate of drug-likeness (QED) is 0.269. The lowest BCUT2D eigenvalue weighted by Crippen LogP contribution is -2.54. The molecular weight excluding hydrogens is 584 g/mol. The summed E-state index contributed by atoms with van der Waals surface area (Å²) in [7, 11) is 0. The molecule has 3 fully saturated rings. The number of amides is 3. The molecule has 46 heavy (non-hydrogen) atoms. The number of likely N-dealkylation sites (tertiary alicyclic amines) is 1. The largest absolute Gasteiger partial charge is 0.494 e. The van der Waals surface area contributed by atoms with Crippen LogP contribution in [0, 0.1) is 11.8 Å². The fourth-order valence-corrected chi connectivity index (χ4v) is 7.64. The Morgan fingerprint density at radius 3 is 2.20 bits per heavy atom. The summed E-state index contributed by atoms with van der Waals surface area (Å²) in [5, 5.41) is 16.7. The first kappa shape index (κ1) is 31.6. The molecule has 3 aromatic carbocycles. The molecule has 242 valence electrons. The minimum Gasteiger partial charge on any atom is -0.494 e. The Morgan fingerprint density at radius 2 is 1.59 bits per heavy atom. The van der Waals surface area contributed by atoms with Gasteiger partial charge in [-0.2, -0.15) is 0 Å². The van der Waals surface area contributed by atoms with Gasteiger partial charge in [-0.25, -0.2) is 0 Å². The molecule has 3 saturated heterocycles. The molecule has 0 aliphatic carbocycles. The average molecular weight is 627 g/mol. The summed E-state index contributed by atoms with van der Waals surface area (Å²) in [6.07, 6.45) is 0.478. The summed E-state index contributed by atoms with van der Waals surface area (Å²) in [5.41, 5.74) is 1.69. The zero-order valence-electron chi connectivity index (χ0n) is 26.5. The van der Waals surface area contributed by atoms with Crippen LogP contribution in [0.4, 0.5) is 17.1 Å². The number of hydrogen-bond acceptors (Lipinski definition) is 7. The lowest BCUT2D eigenvalue weighted by Gasteiger charge is -2.36. The topological polar surface area (TPSA) is 120 Å². The van der Waals surface area contributed by atoms with Crippen molar-refractivity contribution in [2.75, 3.05) is 41.8 Å². The standard InChI is InChI=1S/C36H42N4O6/c1-4-39(5-2)26-16-12-24(13-17-26)38-34(43)32-36-21-20-29(46-36)30(33(42)37-25-14-18-27(19-15-25)45-6-3)31(36)35(44)40(32)28(22-41)23-10-8-7-9-11-23/h7-19,28-32,41H,4-6,20-22H2,1-3H3,(H,37,42)(H,38,43)/t28-,29+,30-,31+,32?,36?/m1/s1. The number of carbonyl (C=O) groups is 3. The van der Waals surface area contributed by atoms with Gasteiger partial charge in [-0.05, 0) is 87.7 Å². The number of hydrogen-bond donors (Lipinski definition) is 3. The first-order valence-electron chi connectivity index (χ1n) is 16.2. The van der Waals surface area contributed by atoms with Crippen molar-refractivity contribution in [1.82, 2.24) is 4.90 Å². The van der Waals surface area contributed by atoms with E-state index in [2.05, 4.69) is 29.4 Å². The smallest absolute Gasteiger partial charge is 0.250 e. The molecule has 0 aromatic heterocycles. The Labute approximate surface area is 269 Å². The van der Waals surface area contributed by atoms with E-state index in [0.717, 1.165) is 18.8 Å². The van der Waals surface area contributed by atoms with Crippen LogP contribution in [0.25, 0.3) is 0 Å². The fourth-order valence-electron chi connectivity index (χ4n) is 7.64. The Kier molecular flexibility index (Phi) is 9.02. The Morgan fingerprint density at radius 1 is 0.957 bits per heavy atom. The summed E-state index contributed by atoms with van der Waals surface area (Å²) in [5.74, 6) is -2.09. The van der Waals surface area contributed by atoms with E-state index in [9.17, 15) is 19.5 Å². The van der Waals surface area contributed by atoms with Crippen molar-refractivity contribution in [3.8, 4) is 5.75 Å². The summed E-state index contributed by atoms with van der Waals surface area (Å²) in [6.45, 7) is 7.94. The summed E-state index contributed by atoms with van der Waals surface area (Å²) >= 11 is 0. The van der Waals surface area contributed by atoms with Crippen LogP contribution in [0.15, 0.2) is 78.9 Å². The van der Waals surface area contributed by atoms with Crippen LogP contribution in [-0.4, -0.2) is 71.8 Å². The Hall–Kier alpha value is -4.41. The van der Waals surface area contributed by atoms with Gasteiger partial charge in [0.2, 0.25) is 17.7 Å². The molecule has 3 amide bonds. The van der Waals surface area contributed by atoms with E-state index in [1.54, 1.807) is 24.3 Å². The maximum Gasteiger partial charge on any atom is 0.250 e. The number of rotatable bonds is 12. The second kappa shape index (κ2) is 13.1. The van der Waals surface area contributed by atoms with Crippen molar-refractivity contribution in [1.29, 1.82) is 0 Å². The number of nitrogens with zero attached hydrogens (tertiary/aromatic N) is 2. The molecule has 3 aliphatic heterocycles. The van der Waals surface area contributed by atoms with Gasteiger partial charge in [-0.15, -0.1) is 0 Å². The van der Waals surface area contributed by atoms with Gasteiger partial charge in [-0.3, -0.25) is 14.4 Å². The van der Waals surface area contributed by atoms with E-state index in [1.165, 1.54) is 4.90 Å². The molecule has 3 heterocycles. The number of aliphatic hydroxyl groups is 1. The summed E-state index contributed by atoms with van der Waals surface area (Å²) in [4.78, 5) is 46.4. The fraction of sp³-hybridized carbons (Fsp3) is 0.417. The number of benzene rings is 3. The summed E-state index contributed by atoms with van der Waals surface area (Å²) < 4.78 is 12.1. The molecule has 3 aliphatic rings. The van der Waals surface area contributed by atoms with Crippen LogP contribution < -0.4 is 20.3 Å². The van der Waals surface area contributed by atoms with Gasteiger partial charge in [0.1, 0.15) is 17.4 Å². The van der Waals surface area contributed by atoms with Gasteiger partial charge in [-0.1, -0.05) is 30.3 Å². The van der Waals surface area contributed by atoms with E-state index in [4.69, 9.17) is 9.47 Å². The van der Waals surface area contributed by atoms with Crippen LogP contribution in [0.1, 0.15) is 45.2 Å². The molecule has 10 nitrogen and oxygen atoms in total. The maximum absolute atomic E-state index is 14.5. The van der Waals surface area contributed by atoms with E-state index in [-0.39, 0.29) is 11.8 Å². The number of carbonyl (C=O) groups excluding carboxylic acids is 3. The van der Waals surface area contributed by atoms with Gasteiger partial charge in [0.05, 0.1) is 37.2 Å². The SMILES string of the molecule is CCOc1ccc(NC(=O)[C@@H]2[C@@H]3CCC4(O3)C(C(=O)Nc3ccc(N(CC)CC)cc3)N([C@H](CO)c3ccccc3)C(=O)[C@H]24)cc1. The van der Waals surface area contributed by atoms with E-state index in [1.807, 2.05) is 61.5 Å². The molecule has 6 rings (SSSR count). The average Bonchev–Trinajstić information content (AvgIpc) is 3.72. The highest BCUT2D eigenvalue weighted by Gasteiger charge is 2.75. The molecular formula is C36H42N4O6. The third kappa shape index (κ3) is 5.49. The van der Waals surface area contributed by atoms with Crippen LogP contribution >= 0.6 is 0 Å². The van der Waals surface area contributed by atoms with Crippen molar-refractivity contribution in [3.63, 3.8) is 0 Å². The van der Waals surface area contributed by atoms with Gasteiger partial charge in [0, 0.05) is 30.2 Å². The number of ether oxygens (including phenoxy) is 2. The molecule has 0 radical (unpaired) electrons. The van der Waals surface area contributed by atoms with E-state index >= 15 is 0 Å². The lowest BCUT2D eigenvalue weighted by molar-refractivity contribution is -0.143. The highest BCUT2D eigenvalue weighted by Crippen LogP contribution is 2.60. The molecule has 10 heteroatoms. The molecule has 3 aromatic rings. The van der Waals surface area contributed by atoms with Crippen LogP contribution in [0.5, 0.6) is 5.75 Å². The predicted octanol–water partition coefficient (Wildman–Crippen LogP) is 4.62. The second-order valence-electron chi connectivity index (χ2n) is 12.1. The van der Waals surface area contributed by atoms with Crippen LogP contribution in [0.2, 0.25) is 0 Å². The van der Waals surface area contributed by atoms with Gasteiger partial charge in [0.15, 0.2) is 0 Å². The minimum absolute atomic E-state index is 0.331. The van der Waals surface area contributed by atoms with Gasteiger partial charge >= 0.3 is 0 Å². The first-order chi connectivity index (χ1) is 22.3. The molecule has 6 atom stereocenters. The zero-order chi connectivity index (χ0) is 32.4. The van der Waals surface area contributed by atoms with Crippen molar-refractivity contribution < 1.29 is 29.0 Å². The molecule has 2 bridgehead atoms. The first-order valence-corrected chi connectivity index (χ1v) is 16.2. The maximum atomic E-state index is 14.5. The number of aliphatic hydroxyl groups excluding tert-OH is 1. The Bertz CT molecular complexity index is 1540. The summed E-state index contributed by atoms with van der Waals surface area (Å²) in [6, 6.07) is 22.0. The van der Waals surface area contributed by atoms with Crippen molar-refractivity contribution in [3.05, 3.63) is 84.4 Å². The van der Waals surface area contributed by atoms with Crippen molar-refractivity contribution in [2.45, 2.75) is 57.4 Å². The third-order valence-corrected chi connectivity index (χ3v) is 9.68. The lowest BCUT2D eigenvalue weighted by atomic mass is 9.70. The number of nitrogens with one attached hydrogen (secondary N) is 2. The minimum atomic E-state index is -1.21. The van der Waals surface area contributed by atoms with E-state index in [0.29, 0.717) is 42.1 Å². The normalized spacial score (nSPS) is 25.2. The van der Waals surface area contributed by atoms with Crippen LogP contribution in [-0.2, 0) is 19.1 Å². The molecule has 1 spiro atoms. The van der Waals surface area contributed by atoms with E-state index < -0.39 is 48.1 Å². The number of fused-ring (bicyclic) bond motifs is 1. The van der Waals surface area contributed by atoms with Crippen molar-refractivity contribution >= 4 is 34.8 Å². The van der Waals surface area contributed by atoms with Gasteiger partial charge in [0.25, 0.3) is 0 Å². The van der Waals surface area contributed by atoms with Crippen LogP contribution in [0.3, 0.4) is 0 Å². The van der Waals surface area contributed by atoms with Gasteiger partial charge < -0.3 is 35.0 Å². The second-order valence-corrected chi connectivity index (χ2v) is 12.1. The molecule has 0 saturated carbocycles. The van der Waals surface area contributed by atoms with Crippen molar-refractivity contribution in [2.24, 2.45) is 11.8 Å². The molecule has 2 unspecified atom stereocenters. The highest BCUT2D eigenvalue weighted by molar-refractivity contribution is 6.05. The zero-order valence-corrected chi connectivity index (χ0v) is 26.5. The monoisotopic (exact) mass is 626 g/mol. The third-order valence-electron chi connectivity index (χ3n) is 9.68. The predicted molar refractivity (Wildman–Crippen MR) is 176 cm³/mol. The highest BCUT2D eigenvalue weighted by atomic mass is 16.5. The molecule has 3 N–H and O–H groups in total. The Balaban J connectivity index is 1.33.